The van der Waals surface area contributed by atoms with E-state index < -0.39 is 0 Å². The summed E-state index contributed by atoms with van der Waals surface area (Å²) in [6.45, 7) is 6.45. The van der Waals surface area contributed by atoms with Gasteiger partial charge in [-0.1, -0.05) is 13.8 Å². The molecule has 3 heteroatoms. The summed E-state index contributed by atoms with van der Waals surface area (Å²) in [7, 11) is 2.01. The average molecular weight is 176 g/mol. The molecule has 74 valence electrons. The summed E-state index contributed by atoms with van der Waals surface area (Å²) in [4.78, 5) is 2.13. The molecule has 0 saturated carbocycles. The molecule has 12 heavy (non-hydrogen) atoms. The van der Waals surface area contributed by atoms with E-state index in [4.69, 9.17) is 5.73 Å². The van der Waals surface area contributed by atoms with Gasteiger partial charge in [-0.05, 0) is 25.4 Å². The predicted molar refractivity (Wildman–Crippen MR) is 50.9 cm³/mol. The van der Waals surface area contributed by atoms with E-state index in [0.717, 1.165) is 13.1 Å². The first-order valence-corrected chi connectivity index (χ1v) is 4.46. The summed E-state index contributed by atoms with van der Waals surface area (Å²) in [6.07, 6.45) is 0.622. The molecule has 0 rings (SSSR count). The summed E-state index contributed by atoms with van der Waals surface area (Å²) in [5, 5.41) is 0. The lowest BCUT2D eigenvalue weighted by molar-refractivity contribution is 0.209. The van der Waals surface area contributed by atoms with Gasteiger partial charge >= 0.3 is 0 Å². The molecular weight excluding hydrogens is 155 g/mol. The van der Waals surface area contributed by atoms with Crippen LogP contribution in [0.3, 0.4) is 0 Å². The number of hydrogen-bond donors (Lipinski definition) is 1. The standard InChI is InChI=1S/C9H21FN2/c1-9(2,7-11)8-12(3)6-4-5-10/h4-8,11H2,1-3H3. The van der Waals surface area contributed by atoms with Crippen molar-refractivity contribution in [3.05, 3.63) is 0 Å². The molecule has 0 aliphatic heterocycles. The van der Waals surface area contributed by atoms with Gasteiger partial charge in [-0.2, -0.15) is 0 Å². The van der Waals surface area contributed by atoms with Crippen molar-refractivity contribution >= 4 is 0 Å². The highest BCUT2D eigenvalue weighted by Crippen LogP contribution is 2.13. The summed E-state index contributed by atoms with van der Waals surface area (Å²) < 4.78 is 11.8. The van der Waals surface area contributed by atoms with Gasteiger partial charge in [-0.3, -0.25) is 4.39 Å². The van der Waals surface area contributed by atoms with E-state index in [-0.39, 0.29) is 12.1 Å². The van der Waals surface area contributed by atoms with Gasteiger partial charge < -0.3 is 10.6 Å². The van der Waals surface area contributed by atoms with Gasteiger partial charge in [0.2, 0.25) is 0 Å². The number of hydrogen-bond acceptors (Lipinski definition) is 2. The van der Waals surface area contributed by atoms with Gasteiger partial charge in [0.25, 0.3) is 0 Å². The van der Waals surface area contributed by atoms with E-state index in [1.54, 1.807) is 0 Å². The van der Waals surface area contributed by atoms with Crippen LogP contribution >= 0.6 is 0 Å². The molecule has 0 aromatic rings. The number of alkyl halides is 1. The molecule has 0 atom stereocenters. The van der Waals surface area contributed by atoms with Crippen molar-refractivity contribution in [1.82, 2.24) is 4.90 Å². The minimum Gasteiger partial charge on any atom is -0.330 e. The maximum Gasteiger partial charge on any atom is 0.0906 e. The fraction of sp³-hybridized carbons (Fsp3) is 1.00. The number of nitrogens with zero attached hydrogens (tertiary/aromatic N) is 1. The molecule has 0 bridgehead atoms. The Hall–Kier alpha value is -0.150. The lowest BCUT2D eigenvalue weighted by Crippen LogP contribution is -2.37. The lowest BCUT2D eigenvalue weighted by Gasteiger charge is -2.28. The van der Waals surface area contributed by atoms with Crippen molar-refractivity contribution in [2.24, 2.45) is 11.1 Å². The van der Waals surface area contributed by atoms with Crippen LogP contribution in [0.4, 0.5) is 4.39 Å². The fourth-order valence-electron chi connectivity index (χ4n) is 1.20. The molecule has 0 spiro atoms. The maximum absolute atomic E-state index is 11.8. The molecule has 0 unspecified atom stereocenters. The first-order chi connectivity index (χ1) is 5.52. The molecule has 0 aliphatic carbocycles. The van der Waals surface area contributed by atoms with Crippen LogP contribution in [-0.2, 0) is 0 Å². The minimum absolute atomic E-state index is 0.144. The van der Waals surface area contributed by atoms with Crippen molar-refractivity contribution in [2.75, 3.05) is 33.4 Å². The van der Waals surface area contributed by atoms with Crippen LogP contribution in [0.25, 0.3) is 0 Å². The summed E-state index contributed by atoms with van der Waals surface area (Å²) in [6, 6.07) is 0. The monoisotopic (exact) mass is 176 g/mol. The zero-order chi connectivity index (χ0) is 9.61. The first-order valence-electron chi connectivity index (χ1n) is 4.46. The Morgan fingerprint density at radius 2 is 2.00 bits per heavy atom. The van der Waals surface area contributed by atoms with Crippen LogP contribution < -0.4 is 5.73 Å². The van der Waals surface area contributed by atoms with Gasteiger partial charge in [-0.25, -0.2) is 0 Å². The van der Waals surface area contributed by atoms with Crippen molar-refractivity contribution in [1.29, 1.82) is 0 Å². The second-order valence-electron chi connectivity index (χ2n) is 4.15. The summed E-state index contributed by atoms with van der Waals surface area (Å²) in [5.74, 6) is 0. The second-order valence-corrected chi connectivity index (χ2v) is 4.15. The third-order valence-corrected chi connectivity index (χ3v) is 1.92. The Labute approximate surface area is 74.9 Å². The highest BCUT2D eigenvalue weighted by molar-refractivity contribution is 4.72. The highest BCUT2D eigenvalue weighted by Gasteiger charge is 2.17. The molecule has 0 saturated heterocycles. The van der Waals surface area contributed by atoms with Gasteiger partial charge in [0.05, 0.1) is 6.67 Å². The zero-order valence-corrected chi connectivity index (χ0v) is 8.44. The fourth-order valence-corrected chi connectivity index (χ4v) is 1.20. The minimum atomic E-state index is -0.229. The largest absolute Gasteiger partial charge is 0.330 e. The molecule has 0 aromatic carbocycles. The van der Waals surface area contributed by atoms with Crippen molar-refractivity contribution in [3.8, 4) is 0 Å². The smallest absolute Gasteiger partial charge is 0.0906 e. The maximum atomic E-state index is 11.8. The Kier molecular flexibility index (Phi) is 5.42. The van der Waals surface area contributed by atoms with Gasteiger partial charge in [-0.15, -0.1) is 0 Å². The predicted octanol–water partition coefficient (Wildman–Crippen LogP) is 1.26. The van der Waals surface area contributed by atoms with Crippen molar-refractivity contribution in [3.63, 3.8) is 0 Å². The first kappa shape index (κ1) is 11.8. The van der Waals surface area contributed by atoms with Crippen molar-refractivity contribution < 1.29 is 4.39 Å². The van der Waals surface area contributed by atoms with Gasteiger partial charge in [0.1, 0.15) is 0 Å². The molecule has 2 nitrogen and oxygen atoms in total. The average Bonchev–Trinajstić information content (AvgIpc) is 2.00. The molecule has 0 aromatic heterocycles. The van der Waals surface area contributed by atoms with Crippen LogP contribution in [0, 0.1) is 5.41 Å². The Balaban J connectivity index is 3.60. The molecule has 0 amide bonds. The number of nitrogens with two attached hydrogens (primary N) is 1. The van der Waals surface area contributed by atoms with Crippen LogP contribution in [0.5, 0.6) is 0 Å². The molecule has 0 radical (unpaired) electrons. The SMILES string of the molecule is CN(CCCF)CC(C)(C)CN. The van der Waals surface area contributed by atoms with E-state index in [9.17, 15) is 4.39 Å². The summed E-state index contributed by atoms with van der Waals surface area (Å²) in [5.41, 5.74) is 5.73. The highest BCUT2D eigenvalue weighted by atomic mass is 19.1. The lowest BCUT2D eigenvalue weighted by atomic mass is 9.93. The van der Waals surface area contributed by atoms with Crippen molar-refractivity contribution in [2.45, 2.75) is 20.3 Å². The molecule has 0 heterocycles. The van der Waals surface area contributed by atoms with E-state index in [0.29, 0.717) is 13.0 Å². The third-order valence-electron chi connectivity index (χ3n) is 1.92. The molecular formula is C9H21FN2. The van der Waals surface area contributed by atoms with E-state index in [1.165, 1.54) is 0 Å². The Morgan fingerprint density at radius 3 is 2.42 bits per heavy atom. The van der Waals surface area contributed by atoms with Crippen LogP contribution in [0.15, 0.2) is 0 Å². The molecule has 0 aliphatic rings. The third kappa shape index (κ3) is 5.49. The zero-order valence-electron chi connectivity index (χ0n) is 8.44. The number of halogens is 1. The topological polar surface area (TPSA) is 29.3 Å². The van der Waals surface area contributed by atoms with Gasteiger partial charge in [0.15, 0.2) is 0 Å². The van der Waals surface area contributed by atoms with Crippen LogP contribution in [0.2, 0.25) is 0 Å². The molecule has 0 fully saturated rings. The second kappa shape index (κ2) is 5.49. The van der Waals surface area contributed by atoms with Gasteiger partial charge in [0, 0.05) is 13.1 Å². The molecule has 2 N–H and O–H groups in total. The quantitative estimate of drug-likeness (QED) is 0.660. The van der Waals surface area contributed by atoms with Crippen LogP contribution in [0.1, 0.15) is 20.3 Å². The van der Waals surface area contributed by atoms with E-state index >= 15 is 0 Å². The van der Waals surface area contributed by atoms with E-state index in [2.05, 4.69) is 18.7 Å². The van der Waals surface area contributed by atoms with E-state index in [1.807, 2.05) is 7.05 Å². The summed E-state index contributed by atoms with van der Waals surface area (Å²) >= 11 is 0. The Morgan fingerprint density at radius 1 is 1.42 bits per heavy atom. The van der Waals surface area contributed by atoms with Crippen LogP contribution in [-0.4, -0.2) is 38.3 Å². The normalized spacial score (nSPS) is 12.5. The Bertz CT molecular complexity index is 115. The number of rotatable bonds is 6.